The number of hydrogen-bond acceptors (Lipinski definition) is 3. The number of benzene rings is 2. The zero-order chi connectivity index (χ0) is 19.7. The molecule has 2 heterocycles. The maximum absolute atomic E-state index is 6.09. The molecule has 0 aliphatic heterocycles. The highest BCUT2D eigenvalue weighted by molar-refractivity contribution is 6.30. The van der Waals surface area contributed by atoms with Gasteiger partial charge < -0.3 is 9.88 Å². The van der Waals surface area contributed by atoms with Crippen molar-refractivity contribution in [1.82, 2.24) is 15.0 Å². The van der Waals surface area contributed by atoms with Gasteiger partial charge >= 0.3 is 0 Å². The van der Waals surface area contributed by atoms with Gasteiger partial charge in [0.25, 0.3) is 0 Å². The van der Waals surface area contributed by atoms with Gasteiger partial charge in [-0.3, -0.25) is 4.98 Å². The Bertz CT molecular complexity index is 1100. The van der Waals surface area contributed by atoms with Crippen LogP contribution in [0, 0.1) is 6.92 Å². The molecule has 0 bridgehead atoms. The minimum atomic E-state index is 0.711. The number of aromatic nitrogens is 3. The maximum Gasteiger partial charge on any atom is 0.140 e. The van der Waals surface area contributed by atoms with E-state index in [2.05, 4.69) is 40.0 Å². The Labute approximate surface area is 169 Å². The first-order valence-electron chi connectivity index (χ1n) is 9.08. The molecule has 4 nitrogen and oxygen atoms in total. The molecule has 140 valence electrons. The largest absolute Gasteiger partial charge is 0.377 e. The van der Waals surface area contributed by atoms with E-state index in [1.807, 2.05) is 50.5 Å². The van der Waals surface area contributed by atoms with Crippen LogP contribution in [0.2, 0.25) is 5.02 Å². The molecule has 0 saturated carbocycles. The Morgan fingerprint density at radius 1 is 0.893 bits per heavy atom. The molecule has 0 unspecified atom stereocenters. The van der Waals surface area contributed by atoms with E-state index in [4.69, 9.17) is 16.6 Å². The Hall–Kier alpha value is -3.11. The molecule has 0 saturated heterocycles. The van der Waals surface area contributed by atoms with Gasteiger partial charge in [-0.15, -0.1) is 0 Å². The van der Waals surface area contributed by atoms with Crippen molar-refractivity contribution >= 4 is 17.3 Å². The Kier molecular flexibility index (Phi) is 4.88. The van der Waals surface area contributed by atoms with Crippen LogP contribution in [0.25, 0.3) is 33.9 Å². The first-order valence-corrected chi connectivity index (χ1v) is 9.46. The lowest BCUT2D eigenvalue weighted by molar-refractivity contribution is 1.12. The predicted molar refractivity (Wildman–Crippen MR) is 117 cm³/mol. The van der Waals surface area contributed by atoms with Gasteiger partial charge in [0.1, 0.15) is 5.82 Å². The lowest BCUT2D eigenvalue weighted by Crippen LogP contribution is -2.10. The number of hydrogen-bond donors (Lipinski definition) is 1. The summed E-state index contributed by atoms with van der Waals surface area (Å²) >= 11 is 6.09. The molecule has 1 N–H and O–H groups in total. The van der Waals surface area contributed by atoms with Gasteiger partial charge in [0.15, 0.2) is 0 Å². The summed E-state index contributed by atoms with van der Waals surface area (Å²) in [7, 11) is 4.09. The number of aryl methyl sites for hydroxylation is 1. The second kappa shape index (κ2) is 7.49. The fourth-order valence-electron chi connectivity index (χ4n) is 3.37. The van der Waals surface area contributed by atoms with E-state index in [1.165, 1.54) is 5.56 Å². The number of imidazole rings is 1. The summed E-state index contributed by atoms with van der Waals surface area (Å²) < 4.78 is 0. The molecule has 0 atom stereocenters. The molecule has 0 radical (unpaired) electrons. The van der Waals surface area contributed by atoms with Gasteiger partial charge in [-0.1, -0.05) is 35.9 Å². The van der Waals surface area contributed by atoms with Crippen molar-refractivity contribution in [1.29, 1.82) is 0 Å². The third-order valence-corrected chi connectivity index (χ3v) is 5.01. The molecule has 2 aromatic heterocycles. The number of anilines is 1. The fraction of sp³-hybridized carbons (Fsp3) is 0.130. The lowest BCUT2D eigenvalue weighted by atomic mass is 10.1. The number of H-pyrrole nitrogens is 1. The lowest BCUT2D eigenvalue weighted by Gasteiger charge is -2.18. The molecular formula is C23H21ClN4. The van der Waals surface area contributed by atoms with Crippen LogP contribution in [-0.2, 0) is 0 Å². The van der Waals surface area contributed by atoms with E-state index in [0.29, 0.717) is 5.02 Å². The normalized spacial score (nSPS) is 10.9. The Morgan fingerprint density at radius 3 is 2.29 bits per heavy atom. The van der Waals surface area contributed by atoms with Gasteiger partial charge in [0.05, 0.1) is 11.4 Å². The molecule has 0 aliphatic carbocycles. The van der Waals surface area contributed by atoms with E-state index < -0.39 is 0 Å². The first kappa shape index (κ1) is 18.3. The quantitative estimate of drug-likeness (QED) is 0.478. The summed E-state index contributed by atoms with van der Waals surface area (Å²) in [5.74, 6) is 0.846. The van der Waals surface area contributed by atoms with E-state index in [-0.39, 0.29) is 0 Å². The topological polar surface area (TPSA) is 44.8 Å². The van der Waals surface area contributed by atoms with Crippen LogP contribution >= 0.6 is 11.6 Å². The van der Waals surface area contributed by atoms with Gasteiger partial charge in [0.2, 0.25) is 0 Å². The van der Waals surface area contributed by atoms with Crippen molar-refractivity contribution in [2.75, 3.05) is 19.0 Å². The van der Waals surface area contributed by atoms with Crippen molar-refractivity contribution in [3.8, 4) is 33.9 Å². The van der Waals surface area contributed by atoms with Crippen LogP contribution < -0.4 is 4.90 Å². The van der Waals surface area contributed by atoms with Gasteiger partial charge in [0, 0.05) is 53.9 Å². The van der Waals surface area contributed by atoms with Crippen molar-refractivity contribution in [3.05, 3.63) is 77.6 Å². The van der Waals surface area contributed by atoms with E-state index >= 15 is 0 Å². The summed E-state index contributed by atoms with van der Waals surface area (Å²) in [5, 5.41) is 0.711. The number of rotatable bonds is 4. The Balaban J connectivity index is 1.96. The number of pyridine rings is 1. The SMILES string of the molecule is Cc1cccc(N(C)C)c1-c1nc(-c2ccncc2)c(-c2ccc(Cl)cc2)[nH]1. The van der Waals surface area contributed by atoms with Crippen LogP contribution in [0.5, 0.6) is 0 Å². The number of halogens is 1. The van der Waals surface area contributed by atoms with E-state index in [0.717, 1.165) is 39.6 Å². The van der Waals surface area contributed by atoms with Gasteiger partial charge in [-0.2, -0.15) is 0 Å². The fourth-order valence-corrected chi connectivity index (χ4v) is 3.49. The molecule has 5 heteroatoms. The van der Waals surface area contributed by atoms with Crippen LogP contribution in [0.3, 0.4) is 0 Å². The summed E-state index contributed by atoms with van der Waals surface area (Å²) in [6.07, 6.45) is 3.57. The summed E-state index contributed by atoms with van der Waals surface area (Å²) in [6.45, 7) is 2.11. The van der Waals surface area contributed by atoms with Crippen LogP contribution in [0.15, 0.2) is 67.0 Å². The smallest absolute Gasteiger partial charge is 0.140 e. The number of nitrogens with one attached hydrogen (secondary N) is 1. The predicted octanol–water partition coefficient (Wildman–Crippen LogP) is 5.83. The highest BCUT2D eigenvalue weighted by atomic mass is 35.5. The second-order valence-electron chi connectivity index (χ2n) is 6.92. The standard InChI is InChI=1S/C23H21ClN4/c1-15-5-4-6-19(28(2)3)20(15)23-26-21(16-7-9-18(24)10-8-16)22(27-23)17-11-13-25-14-12-17/h4-14H,1-3H3,(H,26,27). The highest BCUT2D eigenvalue weighted by Gasteiger charge is 2.19. The third-order valence-electron chi connectivity index (χ3n) is 4.76. The van der Waals surface area contributed by atoms with Gasteiger partial charge in [-0.05, 0) is 42.8 Å². The maximum atomic E-state index is 6.09. The molecule has 0 amide bonds. The molecule has 4 aromatic rings. The van der Waals surface area contributed by atoms with Gasteiger partial charge in [-0.25, -0.2) is 4.98 Å². The molecule has 0 aliphatic rings. The zero-order valence-electron chi connectivity index (χ0n) is 16.1. The minimum absolute atomic E-state index is 0.711. The van der Waals surface area contributed by atoms with E-state index in [9.17, 15) is 0 Å². The minimum Gasteiger partial charge on any atom is -0.377 e. The van der Waals surface area contributed by atoms with Crippen LogP contribution in [0.1, 0.15) is 5.56 Å². The number of aromatic amines is 1. The highest BCUT2D eigenvalue weighted by Crippen LogP contribution is 2.37. The second-order valence-corrected chi connectivity index (χ2v) is 7.35. The zero-order valence-corrected chi connectivity index (χ0v) is 16.8. The van der Waals surface area contributed by atoms with Crippen molar-refractivity contribution in [2.45, 2.75) is 6.92 Å². The molecule has 0 spiro atoms. The molecule has 4 rings (SSSR count). The number of nitrogens with zero attached hydrogens (tertiary/aromatic N) is 3. The Morgan fingerprint density at radius 2 is 1.61 bits per heavy atom. The summed E-state index contributed by atoms with van der Waals surface area (Å²) in [4.78, 5) is 14.8. The third kappa shape index (κ3) is 3.39. The molecule has 28 heavy (non-hydrogen) atoms. The summed E-state index contributed by atoms with van der Waals surface area (Å²) in [5.41, 5.74) is 7.31. The van der Waals surface area contributed by atoms with Crippen molar-refractivity contribution in [3.63, 3.8) is 0 Å². The van der Waals surface area contributed by atoms with Crippen LogP contribution in [-0.4, -0.2) is 29.0 Å². The average molecular weight is 389 g/mol. The summed E-state index contributed by atoms with van der Waals surface area (Å²) in [6, 6.07) is 18.1. The molecule has 0 fully saturated rings. The monoisotopic (exact) mass is 388 g/mol. The first-order chi connectivity index (χ1) is 13.5. The average Bonchev–Trinajstić information content (AvgIpc) is 3.14. The molecular weight excluding hydrogens is 368 g/mol. The van der Waals surface area contributed by atoms with Crippen molar-refractivity contribution in [2.24, 2.45) is 0 Å². The van der Waals surface area contributed by atoms with Crippen LogP contribution in [0.4, 0.5) is 5.69 Å². The molecule has 2 aromatic carbocycles. The van der Waals surface area contributed by atoms with E-state index in [1.54, 1.807) is 12.4 Å². The van der Waals surface area contributed by atoms with Crippen molar-refractivity contribution < 1.29 is 0 Å².